The Kier molecular flexibility index (Phi) is 5.49. The second kappa shape index (κ2) is 6.91. The summed E-state index contributed by atoms with van der Waals surface area (Å²) in [5, 5.41) is 14.6. The highest BCUT2D eigenvalue weighted by atomic mass is 28.3. The van der Waals surface area contributed by atoms with Crippen molar-refractivity contribution >= 4 is 24.0 Å². The third-order valence-corrected chi connectivity index (χ3v) is 13.0. The van der Waals surface area contributed by atoms with Crippen molar-refractivity contribution < 1.29 is 5.11 Å². The smallest absolute Gasteiger partial charge is 0.115 e. The van der Waals surface area contributed by atoms with Crippen LogP contribution in [0.4, 0.5) is 0 Å². The van der Waals surface area contributed by atoms with E-state index in [0.29, 0.717) is 28.3 Å². The molecule has 0 aliphatic heterocycles. The molecule has 0 bridgehead atoms. The molecule has 0 saturated carbocycles. The number of aromatic hydroxyl groups is 1. The minimum Gasteiger partial charge on any atom is -0.508 e. The number of phenols is 1. The van der Waals surface area contributed by atoms with Gasteiger partial charge in [0.1, 0.15) is 5.75 Å². The van der Waals surface area contributed by atoms with Gasteiger partial charge in [0.05, 0.1) is 8.07 Å². The van der Waals surface area contributed by atoms with Crippen LogP contribution in [0.3, 0.4) is 0 Å². The quantitative estimate of drug-likeness (QED) is 0.610. The minimum atomic E-state index is -1.86. The van der Waals surface area contributed by atoms with Crippen molar-refractivity contribution in [1.82, 2.24) is 0 Å². The van der Waals surface area contributed by atoms with E-state index >= 15 is 0 Å². The standard InChI is InChI=1S/C22H34OSi/c1-14(2)18-9-10-19-12-21(23)22(13-20(19)11-18)24(15(3)4,16(5)6)17(7)8/h9-17,23H,1-8H3. The predicted molar refractivity (Wildman–Crippen MR) is 110 cm³/mol. The maximum absolute atomic E-state index is 10.9. The van der Waals surface area contributed by atoms with E-state index in [-0.39, 0.29) is 0 Å². The maximum atomic E-state index is 10.9. The highest BCUT2D eigenvalue weighted by Crippen LogP contribution is 2.43. The zero-order chi connectivity index (χ0) is 18.2. The van der Waals surface area contributed by atoms with Crippen molar-refractivity contribution in [3.63, 3.8) is 0 Å². The molecule has 0 atom stereocenters. The second-order valence-corrected chi connectivity index (χ2v) is 14.4. The van der Waals surface area contributed by atoms with Gasteiger partial charge >= 0.3 is 0 Å². The van der Waals surface area contributed by atoms with Crippen molar-refractivity contribution in [2.75, 3.05) is 0 Å². The van der Waals surface area contributed by atoms with Gasteiger partial charge in [-0.25, -0.2) is 0 Å². The van der Waals surface area contributed by atoms with Gasteiger partial charge in [-0.05, 0) is 50.1 Å². The first kappa shape index (κ1) is 19.0. The Morgan fingerprint density at radius 2 is 1.25 bits per heavy atom. The van der Waals surface area contributed by atoms with Crippen LogP contribution in [0, 0.1) is 0 Å². The highest BCUT2D eigenvalue weighted by Gasteiger charge is 2.45. The Morgan fingerprint density at radius 3 is 1.71 bits per heavy atom. The average molecular weight is 343 g/mol. The number of rotatable bonds is 5. The van der Waals surface area contributed by atoms with Crippen LogP contribution >= 0.6 is 0 Å². The molecule has 1 N–H and O–H groups in total. The number of hydrogen-bond acceptors (Lipinski definition) is 1. The Bertz CT molecular complexity index is 691. The summed E-state index contributed by atoms with van der Waals surface area (Å²) < 4.78 is 0. The van der Waals surface area contributed by atoms with Crippen molar-refractivity contribution in [3.05, 3.63) is 35.9 Å². The highest BCUT2D eigenvalue weighted by molar-refractivity contribution is 6.95. The lowest BCUT2D eigenvalue weighted by molar-refractivity contribution is 0.479. The fourth-order valence-corrected chi connectivity index (χ4v) is 11.7. The average Bonchev–Trinajstić information content (AvgIpc) is 2.46. The van der Waals surface area contributed by atoms with Gasteiger partial charge in [0.15, 0.2) is 0 Å². The number of fused-ring (bicyclic) bond motifs is 1. The van der Waals surface area contributed by atoms with E-state index in [4.69, 9.17) is 0 Å². The topological polar surface area (TPSA) is 20.2 Å². The Morgan fingerprint density at radius 1 is 0.708 bits per heavy atom. The zero-order valence-electron chi connectivity index (χ0n) is 16.6. The molecule has 0 amide bonds. The summed E-state index contributed by atoms with van der Waals surface area (Å²) in [7, 11) is -1.86. The Hall–Kier alpha value is -1.28. The SMILES string of the molecule is CC(C)c1ccc2cc(O)c([Si](C(C)C)(C(C)C)C(C)C)cc2c1. The summed E-state index contributed by atoms with van der Waals surface area (Å²) in [5.41, 5.74) is 3.14. The van der Waals surface area contributed by atoms with Crippen molar-refractivity contribution in [1.29, 1.82) is 0 Å². The minimum absolute atomic E-state index is 0.502. The molecule has 2 rings (SSSR count). The van der Waals surface area contributed by atoms with Gasteiger partial charge < -0.3 is 5.11 Å². The monoisotopic (exact) mass is 342 g/mol. The molecule has 0 radical (unpaired) electrons. The first-order valence-corrected chi connectivity index (χ1v) is 11.6. The maximum Gasteiger partial charge on any atom is 0.115 e. The molecule has 0 aliphatic rings. The number of benzene rings is 2. The largest absolute Gasteiger partial charge is 0.508 e. The molecule has 2 heteroatoms. The molecule has 0 aromatic heterocycles. The first-order valence-electron chi connectivity index (χ1n) is 9.39. The van der Waals surface area contributed by atoms with Crippen LogP contribution in [-0.2, 0) is 0 Å². The van der Waals surface area contributed by atoms with Crippen LogP contribution in [-0.4, -0.2) is 13.2 Å². The van der Waals surface area contributed by atoms with Gasteiger partial charge in [-0.3, -0.25) is 0 Å². The molecular weight excluding hydrogens is 308 g/mol. The van der Waals surface area contributed by atoms with Crippen LogP contribution in [0.1, 0.15) is 66.9 Å². The van der Waals surface area contributed by atoms with Crippen LogP contribution < -0.4 is 5.19 Å². The second-order valence-electron chi connectivity index (χ2n) is 8.53. The molecule has 0 saturated heterocycles. The van der Waals surface area contributed by atoms with E-state index in [1.165, 1.54) is 16.1 Å². The van der Waals surface area contributed by atoms with Gasteiger partial charge in [0, 0.05) is 0 Å². The van der Waals surface area contributed by atoms with Crippen LogP contribution in [0.15, 0.2) is 30.3 Å². The van der Waals surface area contributed by atoms with E-state index in [0.717, 1.165) is 5.39 Å². The summed E-state index contributed by atoms with van der Waals surface area (Å²) in [6, 6.07) is 10.9. The molecule has 0 spiro atoms. The lowest BCUT2D eigenvalue weighted by Gasteiger charge is -2.44. The molecule has 0 unspecified atom stereocenters. The van der Waals surface area contributed by atoms with E-state index < -0.39 is 8.07 Å². The third kappa shape index (κ3) is 3.01. The van der Waals surface area contributed by atoms with Crippen molar-refractivity contribution in [2.45, 2.75) is 77.9 Å². The van der Waals surface area contributed by atoms with Crippen LogP contribution in [0.25, 0.3) is 10.8 Å². The summed E-state index contributed by atoms with van der Waals surface area (Å²) in [6.45, 7) is 18.6. The van der Waals surface area contributed by atoms with E-state index in [1.807, 2.05) is 6.07 Å². The molecule has 0 fully saturated rings. The summed E-state index contributed by atoms with van der Waals surface area (Å²) in [6.07, 6.45) is 0. The van der Waals surface area contributed by atoms with Gasteiger partial charge in [-0.1, -0.05) is 79.7 Å². The number of phenolic OH excluding ortho intramolecular Hbond substituents is 1. The predicted octanol–water partition coefficient (Wildman–Crippen LogP) is 6.55. The summed E-state index contributed by atoms with van der Waals surface area (Å²) in [5.74, 6) is 1.02. The zero-order valence-corrected chi connectivity index (χ0v) is 17.6. The van der Waals surface area contributed by atoms with Gasteiger partial charge in [-0.15, -0.1) is 0 Å². The van der Waals surface area contributed by atoms with Gasteiger partial charge in [-0.2, -0.15) is 0 Å². The van der Waals surface area contributed by atoms with Gasteiger partial charge in [0.25, 0.3) is 0 Å². The molecule has 132 valence electrons. The lowest BCUT2D eigenvalue weighted by atomic mass is 9.99. The molecule has 0 heterocycles. The van der Waals surface area contributed by atoms with Crippen molar-refractivity contribution in [2.24, 2.45) is 0 Å². The van der Waals surface area contributed by atoms with Crippen molar-refractivity contribution in [3.8, 4) is 5.75 Å². The molecule has 24 heavy (non-hydrogen) atoms. The third-order valence-electron chi connectivity index (χ3n) is 5.98. The molecule has 2 aromatic rings. The fraction of sp³-hybridized carbons (Fsp3) is 0.545. The van der Waals surface area contributed by atoms with E-state index in [2.05, 4.69) is 79.7 Å². The van der Waals surface area contributed by atoms with Crippen LogP contribution in [0.5, 0.6) is 5.75 Å². The number of hydrogen-bond donors (Lipinski definition) is 1. The van der Waals surface area contributed by atoms with E-state index in [1.54, 1.807) is 0 Å². The fourth-order valence-electron chi connectivity index (χ4n) is 4.94. The molecular formula is C22H34OSi. The van der Waals surface area contributed by atoms with Crippen LogP contribution in [0.2, 0.25) is 16.6 Å². The van der Waals surface area contributed by atoms with Gasteiger partial charge in [0.2, 0.25) is 0 Å². The molecule has 2 aromatic carbocycles. The lowest BCUT2D eigenvalue weighted by Crippen LogP contribution is -2.55. The normalized spacial score (nSPS) is 13.0. The summed E-state index contributed by atoms with van der Waals surface area (Å²) >= 11 is 0. The molecule has 0 aliphatic carbocycles. The first-order chi connectivity index (χ1) is 11.1. The summed E-state index contributed by atoms with van der Waals surface area (Å²) in [4.78, 5) is 0. The van der Waals surface area contributed by atoms with E-state index in [9.17, 15) is 5.11 Å². The Balaban J connectivity index is 2.79. The Labute approximate surface area is 149 Å². The molecule has 1 nitrogen and oxygen atoms in total.